The van der Waals surface area contributed by atoms with E-state index in [1.54, 1.807) is 24.3 Å². The molecule has 0 aliphatic rings. The molecular formula is C32H39ClN2O2RuS. The molecule has 4 aromatic carbocycles. The number of halogens is 1. The van der Waals surface area contributed by atoms with Gasteiger partial charge in [0, 0.05) is 6.04 Å². The van der Waals surface area contributed by atoms with Gasteiger partial charge in [0.25, 0.3) is 0 Å². The third-order valence-corrected chi connectivity index (χ3v) is 6.32. The SMILES string of the molecule is Cc1ccc(C(C)C)cc1.Cc1ccc([S-](=O)=O)cc1.[CH3-].[Cl][Ru+3].[NH-][C@@H](c1ccccc1)[C@@H](N)c1ccccc1. The van der Waals surface area contributed by atoms with E-state index in [1.165, 1.54) is 11.1 Å². The maximum Gasteiger partial charge on any atom is 0.0171 e. The average Bonchev–Trinajstić information content (AvgIpc) is 2.95. The fourth-order valence-corrected chi connectivity index (χ4v) is 3.69. The summed E-state index contributed by atoms with van der Waals surface area (Å²) in [4.78, 5) is 0.339. The molecule has 0 heterocycles. The molecular weight excluding hydrogens is 613 g/mol. The molecule has 210 valence electrons. The molecule has 0 radical (unpaired) electrons. The van der Waals surface area contributed by atoms with Crippen molar-refractivity contribution in [2.75, 3.05) is 0 Å². The normalized spacial score (nSPS) is 11.3. The van der Waals surface area contributed by atoms with Gasteiger partial charge < -0.3 is 27.3 Å². The van der Waals surface area contributed by atoms with Crippen LogP contribution in [0.2, 0.25) is 0 Å². The van der Waals surface area contributed by atoms with Gasteiger partial charge in [-0.15, -0.1) is 0 Å². The largest absolute Gasteiger partial charge is 0.669 e. The zero-order valence-electron chi connectivity index (χ0n) is 23.2. The van der Waals surface area contributed by atoms with Gasteiger partial charge >= 0.3 is 27.0 Å². The smallest absolute Gasteiger partial charge is 0.0171 e. The molecule has 0 aliphatic carbocycles. The molecule has 7 heteroatoms. The minimum atomic E-state index is -2.09. The van der Waals surface area contributed by atoms with Crippen LogP contribution in [0.5, 0.6) is 0 Å². The number of benzene rings is 4. The molecule has 4 rings (SSSR count). The van der Waals surface area contributed by atoms with Crippen LogP contribution in [0, 0.1) is 21.3 Å². The number of hydrogen-bond donors (Lipinski definition) is 1. The monoisotopic (exact) mass is 652 g/mol. The summed E-state index contributed by atoms with van der Waals surface area (Å²) in [5, 5.41) is 0. The fraction of sp³-hybridized carbons (Fsp3) is 0.219. The zero-order valence-corrected chi connectivity index (χ0v) is 26.5. The van der Waals surface area contributed by atoms with E-state index in [9.17, 15) is 8.42 Å². The Hall–Kier alpha value is -2.34. The van der Waals surface area contributed by atoms with E-state index in [-0.39, 0.29) is 13.5 Å². The minimum absolute atomic E-state index is 0. The summed E-state index contributed by atoms with van der Waals surface area (Å²) in [6.07, 6.45) is 0. The molecule has 39 heavy (non-hydrogen) atoms. The average molecular weight is 652 g/mol. The summed E-state index contributed by atoms with van der Waals surface area (Å²) in [6, 6.07) is 34.2. The maximum absolute atomic E-state index is 10.3. The second-order valence-electron chi connectivity index (χ2n) is 8.94. The molecule has 4 aromatic rings. The van der Waals surface area contributed by atoms with E-state index in [0.717, 1.165) is 16.7 Å². The van der Waals surface area contributed by atoms with Crippen molar-refractivity contribution in [1.29, 1.82) is 0 Å². The van der Waals surface area contributed by atoms with Crippen molar-refractivity contribution in [2.24, 2.45) is 5.73 Å². The van der Waals surface area contributed by atoms with Crippen LogP contribution in [-0.2, 0) is 36.4 Å². The Morgan fingerprint density at radius 2 is 1.05 bits per heavy atom. The molecule has 0 aliphatic heterocycles. The first-order valence-electron chi connectivity index (χ1n) is 12.1. The van der Waals surface area contributed by atoms with E-state index in [4.69, 9.17) is 11.5 Å². The van der Waals surface area contributed by atoms with Crippen LogP contribution in [-0.4, -0.2) is 0 Å². The van der Waals surface area contributed by atoms with Crippen molar-refractivity contribution >= 4 is 20.4 Å². The van der Waals surface area contributed by atoms with Gasteiger partial charge in [-0.05, 0) is 41.6 Å². The Labute approximate surface area is 251 Å². The van der Waals surface area contributed by atoms with E-state index in [2.05, 4.69) is 54.7 Å². The third kappa shape index (κ3) is 14.0. The predicted octanol–water partition coefficient (Wildman–Crippen LogP) is 9.40. The predicted molar refractivity (Wildman–Crippen MR) is 163 cm³/mol. The number of hydrogen-bond acceptors (Lipinski definition) is 4. The first-order chi connectivity index (χ1) is 18.2. The Morgan fingerprint density at radius 3 is 1.44 bits per heavy atom. The van der Waals surface area contributed by atoms with Crippen LogP contribution in [0.25, 0.3) is 5.73 Å². The maximum atomic E-state index is 10.3. The summed E-state index contributed by atoms with van der Waals surface area (Å²) in [7, 11) is 2.48. The Kier molecular flexibility index (Phi) is 19.3. The molecule has 0 amide bonds. The van der Waals surface area contributed by atoms with E-state index in [0.29, 0.717) is 10.8 Å². The van der Waals surface area contributed by atoms with Gasteiger partial charge in [-0.3, -0.25) is 0 Å². The first kappa shape index (κ1) is 36.7. The van der Waals surface area contributed by atoms with Crippen LogP contribution in [0.15, 0.2) is 114 Å². The third-order valence-electron chi connectivity index (χ3n) is 5.66. The van der Waals surface area contributed by atoms with Gasteiger partial charge in [-0.25, -0.2) is 0 Å². The van der Waals surface area contributed by atoms with Crippen molar-refractivity contribution < 1.29 is 25.7 Å². The summed E-state index contributed by atoms with van der Waals surface area (Å²) in [6.45, 7) is 8.46. The second-order valence-corrected chi connectivity index (χ2v) is 9.88. The molecule has 0 fully saturated rings. The van der Waals surface area contributed by atoms with Crippen LogP contribution in [0.1, 0.15) is 59.7 Å². The van der Waals surface area contributed by atoms with Gasteiger partial charge in [0.15, 0.2) is 0 Å². The summed E-state index contributed by atoms with van der Waals surface area (Å²) >= 11 is 1.82. The van der Waals surface area contributed by atoms with Crippen molar-refractivity contribution in [3.63, 3.8) is 0 Å². The molecule has 0 spiro atoms. The van der Waals surface area contributed by atoms with Crippen molar-refractivity contribution in [3.05, 3.63) is 150 Å². The number of rotatable bonds is 5. The molecule has 0 aromatic heterocycles. The summed E-state index contributed by atoms with van der Waals surface area (Å²) in [5.41, 5.74) is 20.0. The topological polar surface area (TPSA) is 84.0 Å². The van der Waals surface area contributed by atoms with E-state index >= 15 is 0 Å². The summed E-state index contributed by atoms with van der Waals surface area (Å²) < 4.78 is 20.6. The van der Waals surface area contributed by atoms with Crippen LogP contribution in [0.4, 0.5) is 0 Å². The Morgan fingerprint density at radius 1 is 0.667 bits per heavy atom. The van der Waals surface area contributed by atoms with Crippen molar-refractivity contribution in [2.45, 2.75) is 50.6 Å². The van der Waals surface area contributed by atoms with Gasteiger partial charge in [0.05, 0.1) is 0 Å². The first-order valence-corrected chi connectivity index (χ1v) is 15.4. The molecule has 0 saturated heterocycles. The van der Waals surface area contributed by atoms with Gasteiger partial charge in [-0.1, -0.05) is 151 Å². The molecule has 0 saturated carbocycles. The molecule has 2 atom stereocenters. The minimum Gasteiger partial charge on any atom is -0.669 e. The van der Waals surface area contributed by atoms with Crippen LogP contribution < -0.4 is 5.73 Å². The molecule has 3 N–H and O–H groups in total. The van der Waals surface area contributed by atoms with Crippen LogP contribution >= 0.6 is 9.69 Å². The number of aryl methyl sites for hydroxylation is 2. The Bertz CT molecular complexity index is 1180. The van der Waals surface area contributed by atoms with Crippen LogP contribution in [0.3, 0.4) is 0 Å². The standard InChI is InChI=1S/C14H15N2.C10H14.C7H7O2S.CH3.ClH.Ru/c15-13(11-7-3-1-4-8-11)14(16)12-9-5-2-6-10-12;1-8(2)10-6-4-9(3)5-7-10;1-6-2-4-7(5-3-6)10(8)9;;;/h1-10,13-15H,16H2;4-8H,1-3H3;2-5H,1H3;1H3;1H;/q-1;;2*-1;;+4/p-1/t13-,14-;;;;;/m0...../s1. The molecule has 0 unspecified atom stereocenters. The number of nitrogens with one attached hydrogen (secondary N) is 1. The number of nitrogens with two attached hydrogens (primary N) is 1. The van der Waals surface area contributed by atoms with Crippen molar-refractivity contribution in [3.8, 4) is 0 Å². The Balaban J connectivity index is 0.000000553. The van der Waals surface area contributed by atoms with Gasteiger partial charge in [0.1, 0.15) is 0 Å². The van der Waals surface area contributed by atoms with E-state index < -0.39 is 16.7 Å². The van der Waals surface area contributed by atoms with Gasteiger partial charge in [-0.2, -0.15) is 0 Å². The van der Waals surface area contributed by atoms with Crippen molar-refractivity contribution in [1.82, 2.24) is 0 Å². The summed E-state index contributed by atoms with van der Waals surface area (Å²) in [5.74, 6) is 0.653. The zero-order chi connectivity index (χ0) is 28.5. The van der Waals surface area contributed by atoms with Gasteiger partial charge in [0.2, 0.25) is 0 Å². The molecule has 4 nitrogen and oxygen atoms in total. The molecule has 0 bridgehead atoms. The second kappa shape index (κ2) is 20.6. The quantitative estimate of drug-likeness (QED) is 0.133. The van der Waals surface area contributed by atoms with E-state index in [1.807, 2.05) is 84.9 Å². The fourth-order valence-electron chi connectivity index (χ4n) is 3.34.